The molecule has 21 heteroatoms. The molecule has 0 aliphatic heterocycles. The lowest BCUT2D eigenvalue weighted by Gasteiger charge is -2.10. The van der Waals surface area contributed by atoms with Gasteiger partial charge in [-0.15, -0.1) is 0 Å². The van der Waals surface area contributed by atoms with Crippen LogP contribution < -0.4 is 0 Å². The molecule has 0 atom stereocenters. The second-order valence-electron chi connectivity index (χ2n) is 30.9. The van der Waals surface area contributed by atoms with E-state index in [1.807, 2.05) is 344 Å². The highest BCUT2D eigenvalue weighted by atomic mass is 15.1. The average Bonchev–Trinajstić information content (AvgIpc) is 0.792. The molecule has 19 aromatic rings. The quantitative estimate of drug-likeness (QED) is 0.0869. The summed E-state index contributed by atoms with van der Waals surface area (Å²) >= 11 is 0. The van der Waals surface area contributed by atoms with Gasteiger partial charge in [0, 0.05) is 152 Å². The van der Waals surface area contributed by atoms with Crippen LogP contribution in [0.5, 0.6) is 0 Å². The molecule has 0 amide bonds. The fraction of sp³-hybridized carbons (Fsp3) is 0.114. The zero-order valence-electron chi connectivity index (χ0n) is 71.7. The van der Waals surface area contributed by atoms with Gasteiger partial charge in [-0.3, -0.25) is 0 Å². The van der Waals surface area contributed by atoms with Gasteiger partial charge in [0.2, 0.25) is 0 Å². The summed E-state index contributed by atoms with van der Waals surface area (Å²) in [6.45, 7) is 23.7. The molecule has 9 aromatic heterocycles. The first-order chi connectivity index (χ1) is 61.2. The Kier molecular flexibility index (Phi) is 23.8. The lowest BCUT2D eigenvalue weighted by molar-refractivity contribution is 1.06. The van der Waals surface area contributed by atoms with E-state index < -0.39 is 0 Å². The van der Waals surface area contributed by atoms with Crippen molar-refractivity contribution in [3.8, 4) is 182 Å². The summed E-state index contributed by atoms with van der Waals surface area (Å²) < 4.78 is 0. The summed E-state index contributed by atoms with van der Waals surface area (Å²) in [5, 5.41) is 0. The Hall–Kier alpha value is -16.3. The maximum absolute atomic E-state index is 4.94. The Morgan fingerprint density at radius 2 is 0.206 bits per heavy atom. The number of rotatable bonds is 16. The van der Waals surface area contributed by atoms with E-state index in [4.69, 9.17) is 44.9 Å². The molecule has 9 heterocycles. The van der Waals surface area contributed by atoms with Crippen molar-refractivity contribution in [3.63, 3.8) is 0 Å². The molecule has 0 saturated heterocycles. The highest BCUT2D eigenvalue weighted by Gasteiger charge is 2.21. The summed E-state index contributed by atoms with van der Waals surface area (Å²) in [5.74, 6) is 9.49. The summed E-state index contributed by atoms with van der Waals surface area (Å²) in [4.78, 5) is 99.5. The summed E-state index contributed by atoms with van der Waals surface area (Å²) in [6, 6.07) is 98.5. The van der Waals surface area contributed by atoms with E-state index in [-0.39, 0.29) is 0 Å². The third-order valence-electron chi connectivity index (χ3n) is 20.5. The molecule has 19 rings (SSSR count). The fourth-order valence-electron chi connectivity index (χ4n) is 14.7. The topological polar surface area (TPSA) is 271 Å². The SMILES string of the molecule is Cc1cc(C)nc(-c2ccc(-c3nc(-c4ccc(-c5ccccc5)cc4)nc(-c4ccc(-c5nc(C)cc(C)n5)cc4)n3)cc2)n1.Cc1cc(C)nc(-c2ccc(-c3nc(-c4ccccc4)nc(-c4ccc(-c5nc(C)cc(C)n5)cc4)n3)cc2)n1.Cc1cc(C)nc(-c2cccc(-c3nc(-c4ccccc4)nc(-c4cccc(-c5nc(C)cc(C)n5)c4)n3)c2)n1. The van der Waals surface area contributed by atoms with Crippen LogP contribution in [0.1, 0.15) is 68.3 Å². The van der Waals surface area contributed by atoms with Crippen LogP contribution in [0, 0.1) is 83.1 Å². The molecule has 21 nitrogen and oxygen atoms in total. The number of aromatic nitrogens is 21. The fourth-order valence-corrected chi connectivity index (χ4v) is 14.7. The molecular formula is C105H85N21. The molecule has 0 unspecified atom stereocenters. The zero-order chi connectivity index (χ0) is 86.9. The Balaban J connectivity index is 0.000000134. The average molecular weight is 1640 g/mol. The van der Waals surface area contributed by atoms with Crippen molar-refractivity contribution >= 4 is 0 Å². The molecule has 0 aliphatic rings. The molecule has 610 valence electrons. The van der Waals surface area contributed by atoms with E-state index in [1.165, 1.54) is 0 Å². The van der Waals surface area contributed by atoms with E-state index >= 15 is 0 Å². The van der Waals surface area contributed by atoms with Gasteiger partial charge in [-0.2, -0.15) is 0 Å². The smallest absolute Gasteiger partial charge is 0.164 e. The molecule has 0 radical (unpaired) electrons. The van der Waals surface area contributed by atoms with Crippen LogP contribution in [0.25, 0.3) is 182 Å². The van der Waals surface area contributed by atoms with Gasteiger partial charge < -0.3 is 0 Å². The summed E-state index contributed by atoms with van der Waals surface area (Å²) in [7, 11) is 0. The maximum atomic E-state index is 4.94. The minimum absolute atomic E-state index is 0.572. The van der Waals surface area contributed by atoms with Gasteiger partial charge in [-0.05, 0) is 143 Å². The number of aryl methyl sites for hydroxylation is 12. The maximum Gasteiger partial charge on any atom is 0.164 e. The monoisotopic (exact) mass is 1640 g/mol. The predicted octanol–water partition coefficient (Wildman–Crippen LogP) is 22.7. The van der Waals surface area contributed by atoms with Crippen molar-refractivity contribution < 1.29 is 0 Å². The van der Waals surface area contributed by atoms with E-state index in [2.05, 4.69) is 96.2 Å². The zero-order valence-corrected chi connectivity index (χ0v) is 71.7. The van der Waals surface area contributed by atoms with Crippen LogP contribution in [-0.4, -0.2) is 105 Å². The number of hydrogen-bond acceptors (Lipinski definition) is 21. The largest absolute Gasteiger partial charge is 0.233 e. The number of nitrogens with zero attached hydrogens (tertiary/aromatic N) is 21. The Morgan fingerprint density at radius 3 is 0.381 bits per heavy atom. The predicted molar refractivity (Wildman–Crippen MR) is 497 cm³/mol. The minimum atomic E-state index is 0.572. The summed E-state index contributed by atoms with van der Waals surface area (Å²) in [6.07, 6.45) is 0. The molecule has 0 aliphatic carbocycles. The lowest BCUT2D eigenvalue weighted by atomic mass is 10.0. The van der Waals surface area contributed by atoms with Crippen LogP contribution in [0.3, 0.4) is 0 Å². The molecule has 0 saturated carbocycles. The first kappa shape index (κ1) is 82.0. The van der Waals surface area contributed by atoms with Crippen molar-refractivity contribution in [2.24, 2.45) is 0 Å². The molecule has 0 spiro atoms. The second-order valence-corrected chi connectivity index (χ2v) is 30.9. The van der Waals surface area contributed by atoms with Gasteiger partial charge in [-0.1, -0.05) is 249 Å². The normalized spacial score (nSPS) is 11.0. The highest BCUT2D eigenvalue weighted by molar-refractivity contribution is 5.77. The van der Waals surface area contributed by atoms with Crippen LogP contribution in [-0.2, 0) is 0 Å². The van der Waals surface area contributed by atoms with Gasteiger partial charge >= 0.3 is 0 Å². The molecule has 0 N–H and O–H groups in total. The van der Waals surface area contributed by atoms with Crippen LogP contribution in [0.2, 0.25) is 0 Å². The van der Waals surface area contributed by atoms with Crippen LogP contribution in [0.4, 0.5) is 0 Å². The molecule has 0 bridgehead atoms. The highest BCUT2D eigenvalue weighted by Crippen LogP contribution is 2.35. The first-order valence-electron chi connectivity index (χ1n) is 41.3. The third-order valence-corrected chi connectivity index (χ3v) is 20.5. The van der Waals surface area contributed by atoms with Crippen molar-refractivity contribution in [2.75, 3.05) is 0 Å². The van der Waals surface area contributed by atoms with Gasteiger partial charge in [-0.25, -0.2) is 105 Å². The summed E-state index contributed by atoms with van der Waals surface area (Å²) in [5.41, 5.74) is 27.0. The van der Waals surface area contributed by atoms with E-state index in [9.17, 15) is 0 Å². The van der Waals surface area contributed by atoms with E-state index in [1.54, 1.807) is 0 Å². The molecule has 126 heavy (non-hydrogen) atoms. The van der Waals surface area contributed by atoms with Crippen LogP contribution in [0.15, 0.2) is 297 Å². The molecule has 10 aromatic carbocycles. The van der Waals surface area contributed by atoms with Gasteiger partial charge in [0.1, 0.15) is 0 Å². The van der Waals surface area contributed by atoms with Gasteiger partial charge in [0.15, 0.2) is 87.4 Å². The Bertz CT molecular complexity index is 6720. The lowest BCUT2D eigenvalue weighted by Crippen LogP contribution is -2.01. The van der Waals surface area contributed by atoms with Crippen molar-refractivity contribution in [1.82, 2.24) is 105 Å². The Morgan fingerprint density at radius 1 is 0.0952 bits per heavy atom. The van der Waals surface area contributed by atoms with Crippen molar-refractivity contribution in [1.29, 1.82) is 0 Å². The van der Waals surface area contributed by atoms with Gasteiger partial charge in [0.25, 0.3) is 0 Å². The third kappa shape index (κ3) is 19.7. The van der Waals surface area contributed by atoms with E-state index in [0.29, 0.717) is 87.4 Å². The molecule has 0 fully saturated rings. The first-order valence-corrected chi connectivity index (χ1v) is 41.3. The van der Waals surface area contributed by atoms with Crippen LogP contribution >= 0.6 is 0 Å². The second kappa shape index (κ2) is 36.6. The number of benzene rings is 10. The van der Waals surface area contributed by atoms with Gasteiger partial charge in [0.05, 0.1) is 0 Å². The molecular weight excluding hydrogens is 1560 g/mol. The minimum Gasteiger partial charge on any atom is -0.233 e. The Labute approximate surface area is 730 Å². The standard InChI is InChI=1S/C39H31N7.2C33H27N7/c1-24-22-25(2)41-35(40-24)30-14-18-33(19-15-30)38-44-37(32-12-10-29(11-13-32)28-8-6-5-7-9-28)45-39(46-38)34-20-16-31(17-21-34)36-42-26(3)23-27(4)43-36;1-20-16-21(2)35-30(34-20)25-12-8-14-27(18-25)32-38-29(24-10-6-5-7-11-24)39-33(40-32)28-15-9-13-26(19-28)31-36-22(3)17-23(4)37-31;1-20-18-21(2)35-29(34-20)25-10-14-27(15-11-25)32-38-31(24-8-6-5-7-9-24)39-33(40-32)28-16-12-26(13-17-28)30-36-22(3)19-23(4)37-30/h5-23H,1-4H3;2*5-19H,1-4H3. The van der Waals surface area contributed by atoms with Crippen molar-refractivity contribution in [3.05, 3.63) is 366 Å². The van der Waals surface area contributed by atoms with Crippen molar-refractivity contribution in [2.45, 2.75) is 83.1 Å². The number of hydrogen-bond donors (Lipinski definition) is 0. The van der Waals surface area contributed by atoms with E-state index in [0.717, 1.165) is 163 Å².